The number of rotatable bonds is 7. The number of carbonyl (C=O) groups is 1. The molecule has 1 amide bonds. The minimum atomic E-state index is -0.0453. The monoisotopic (exact) mass is 426 g/mol. The Labute approximate surface area is 182 Å². The lowest BCUT2D eigenvalue weighted by Crippen LogP contribution is -2.31. The maximum absolute atomic E-state index is 12.5. The second-order valence-corrected chi connectivity index (χ2v) is 9.01. The maximum atomic E-state index is 12.5. The summed E-state index contributed by atoms with van der Waals surface area (Å²) in [6, 6.07) is 7.80. The topological polar surface area (TPSA) is 67.3 Å². The number of thioether (sulfide) groups is 1. The molecule has 1 atom stereocenters. The van der Waals surface area contributed by atoms with Crippen LogP contribution in [0.25, 0.3) is 0 Å². The number of hydrogen-bond acceptors (Lipinski definition) is 6. The van der Waals surface area contributed by atoms with Crippen molar-refractivity contribution in [3.63, 3.8) is 0 Å². The van der Waals surface area contributed by atoms with Gasteiger partial charge in [-0.3, -0.25) is 4.79 Å². The van der Waals surface area contributed by atoms with Crippen molar-refractivity contribution in [2.75, 3.05) is 31.1 Å². The van der Waals surface area contributed by atoms with E-state index in [-0.39, 0.29) is 12.0 Å². The second kappa shape index (κ2) is 9.79. The molecule has 0 bridgehead atoms. The Hall–Kier alpha value is -2.12. The summed E-state index contributed by atoms with van der Waals surface area (Å²) in [7, 11) is 0. The molecule has 2 saturated heterocycles. The van der Waals surface area contributed by atoms with E-state index in [4.69, 9.17) is 9.72 Å². The minimum absolute atomic E-state index is 0.0453. The average Bonchev–Trinajstić information content (AvgIpc) is 3.47. The minimum Gasteiger partial charge on any atom is -0.376 e. The van der Waals surface area contributed by atoms with E-state index in [1.54, 1.807) is 11.8 Å². The molecular weight excluding hydrogens is 396 g/mol. The predicted octanol–water partition coefficient (Wildman–Crippen LogP) is 3.89. The normalized spacial score (nSPS) is 18.7. The van der Waals surface area contributed by atoms with E-state index in [0.29, 0.717) is 12.1 Å². The number of nitrogens with one attached hydrogen (secondary N) is 1. The van der Waals surface area contributed by atoms with E-state index >= 15 is 0 Å². The van der Waals surface area contributed by atoms with Crippen LogP contribution in [0.2, 0.25) is 0 Å². The lowest BCUT2D eigenvalue weighted by Gasteiger charge is -2.20. The first-order chi connectivity index (χ1) is 14.6. The standard InChI is InChI=1S/C23H30N4O2S/c1-16-17(2)25-23(26-21(16)27-10-3-4-11-27)30-15-18-7-5-8-19(13-18)22(28)24-14-20-9-6-12-29-20/h5,7-8,13,20H,3-4,6,9-12,14-15H2,1-2H3,(H,24,28)/t20-/m1/s1. The van der Waals surface area contributed by atoms with Gasteiger partial charge >= 0.3 is 0 Å². The number of anilines is 1. The van der Waals surface area contributed by atoms with Gasteiger partial charge in [0.2, 0.25) is 0 Å². The van der Waals surface area contributed by atoms with Crippen LogP contribution in [0.15, 0.2) is 29.4 Å². The first-order valence-corrected chi connectivity index (χ1v) is 11.8. The fraction of sp³-hybridized carbons (Fsp3) is 0.522. The zero-order valence-corrected chi connectivity index (χ0v) is 18.6. The molecule has 0 saturated carbocycles. The van der Waals surface area contributed by atoms with Crippen LogP contribution in [-0.2, 0) is 10.5 Å². The Kier molecular flexibility index (Phi) is 6.89. The number of nitrogens with zero attached hydrogens (tertiary/aromatic N) is 3. The number of amides is 1. The second-order valence-electron chi connectivity index (χ2n) is 8.07. The van der Waals surface area contributed by atoms with E-state index in [2.05, 4.69) is 29.0 Å². The van der Waals surface area contributed by atoms with Crippen molar-refractivity contribution in [1.82, 2.24) is 15.3 Å². The maximum Gasteiger partial charge on any atom is 0.251 e. The van der Waals surface area contributed by atoms with Gasteiger partial charge in [-0.05, 0) is 57.2 Å². The number of aryl methyl sites for hydroxylation is 1. The van der Waals surface area contributed by atoms with Crippen LogP contribution in [0.4, 0.5) is 5.82 Å². The van der Waals surface area contributed by atoms with Gasteiger partial charge in [0.25, 0.3) is 5.91 Å². The van der Waals surface area contributed by atoms with Gasteiger partial charge in [-0.15, -0.1) is 0 Å². The molecule has 0 spiro atoms. The summed E-state index contributed by atoms with van der Waals surface area (Å²) in [6.45, 7) is 7.69. The molecule has 4 rings (SSSR count). The summed E-state index contributed by atoms with van der Waals surface area (Å²) in [4.78, 5) is 24.4. The fourth-order valence-electron chi connectivity index (χ4n) is 3.95. The highest BCUT2D eigenvalue weighted by molar-refractivity contribution is 7.98. The molecular formula is C23H30N4O2S. The molecule has 0 aliphatic carbocycles. The van der Waals surface area contributed by atoms with Gasteiger partial charge in [0, 0.05) is 48.8 Å². The fourth-order valence-corrected chi connectivity index (χ4v) is 4.78. The lowest BCUT2D eigenvalue weighted by molar-refractivity contribution is 0.0857. The molecule has 30 heavy (non-hydrogen) atoms. The molecule has 1 aromatic carbocycles. The van der Waals surface area contributed by atoms with Crippen LogP contribution >= 0.6 is 11.8 Å². The van der Waals surface area contributed by atoms with Crippen LogP contribution in [0.5, 0.6) is 0 Å². The van der Waals surface area contributed by atoms with Gasteiger partial charge in [0.15, 0.2) is 5.16 Å². The Morgan fingerprint density at radius 3 is 2.83 bits per heavy atom. The van der Waals surface area contributed by atoms with Crippen molar-refractivity contribution in [3.05, 3.63) is 46.6 Å². The van der Waals surface area contributed by atoms with Crippen LogP contribution in [0.1, 0.15) is 52.9 Å². The van der Waals surface area contributed by atoms with E-state index in [0.717, 1.165) is 60.5 Å². The summed E-state index contributed by atoms with van der Waals surface area (Å²) >= 11 is 1.62. The van der Waals surface area contributed by atoms with Crippen molar-refractivity contribution in [2.24, 2.45) is 0 Å². The Morgan fingerprint density at radius 1 is 1.23 bits per heavy atom. The predicted molar refractivity (Wildman–Crippen MR) is 120 cm³/mol. The third-order valence-corrected chi connectivity index (χ3v) is 6.74. The molecule has 2 aliphatic rings. The van der Waals surface area contributed by atoms with Crippen LogP contribution < -0.4 is 10.2 Å². The third-order valence-electron chi connectivity index (χ3n) is 5.82. The van der Waals surface area contributed by atoms with E-state index in [1.807, 2.05) is 24.3 Å². The zero-order valence-electron chi connectivity index (χ0n) is 17.8. The summed E-state index contributed by atoms with van der Waals surface area (Å²) < 4.78 is 5.58. The van der Waals surface area contributed by atoms with Gasteiger partial charge in [0.05, 0.1) is 6.10 Å². The first kappa shape index (κ1) is 21.1. The Bertz CT molecular complexity index is 893. The quantitative estimate of drug-likeness (QED) is 0.535. The third kappa shape index (κ3) is 5.13. The highest BCUT2D eigenvalue weighted by Crippen LogP contribution is 2.28. The number of benzene rings is 1. The van der Waals surface area contributed by atoms with Gasteiger partial charge in [-0.25, -0.2) is 9.97 Å². The van der Waals surface area contributed by atoms with E-state index < -0.39 is 0 Å². The smallest absolute Gasteiger partial charge is 0.251 e. The largest absolute Gasteiger partial charge is 0.376 e. The molecule has 3 heterocycles. The molecule has 2 aromatic rings. The van der Waals surface area contributed by atoms with E-state index in [1.165, 1.54) is 18.4 Å². The molecule has 1 N–H and O–H groups in total. The number of ether oxygens (including phenoxy) is 1. The molecule has 1 aromatic heterocycles. The number of aromatic nitrogens is 2. The molecule has 0 radical (unpaired) electrons. The van der Waals surface area contributed by atoms with Crippen molar-refractivity contribution in [3.8, 4) is 0 Å². The molecule has 160 valence electrons. The Balaban J connectivity index is 1.39. The average molecular weight is 427 g/mol. The van der Waals surface area contributed by atoms with Crippen molar-refractivity contribution >= 4 is 23.5 Å². The molecule has 0 unspecified atom stereocenters. The SMILES string of the molecule is Cc1nc(SCc2cccc(C(=O)NC[C@H]3CCCO3)c2)nc(N2CCCC2)c1C. The zero-order chi connectivity index (χ0) is 20.9. The van der Waals surface area contributed by atoms with Crippen LogP contribution in [-0.4, -0.2) is 48.2 Å². The van der Waals surface area contributed by atoms with Crippen molar-refractivity contribution < 1.29 is 9.53 Å². The number of carbonyl (C=O) groups excluding carboxylic acids is 1. The molecule has 7 heteroatoms. The lowest BCUT2D eigenvalue weighted by atomic mass is 10.1. The first-order valence-electron chi connectivity index (χ1n) is 10.8. The molecule has 6 nitrogen and oxygen atoms in total. The van der Waals surface area contributed by atoms with E-state index in [9.17, 15) is 4.79 Å². The van der Waals surface area contributed by atoms with Crippen molar-refractivity contribution in [2.45, 2.75) is 56.5 Å². The molecule has 2 fully saturated rings. The summed E-state index contributed by atoms with van der Waals surface area (Å²) in [6.07, 6.45) is 4.71. The van der Waals surface area contributed by atoms with Crippen LogP contribution in [0, 0.1) is 13.8 Å². The number of hydrogen-bond donors (Lipinski definition) is 1. The molecule has 2 aliphatic heterocycles. The van der Waals surface area contributed by atoms with Gasteiger partial charge in [-0.2, -0.15) is 0 Å². The summed E-state index contributed by atoms with van der Waals surface area (Å²) in [5.41, 5.74) is 3.99. The summed E-state index contributed by atoms with van der Waals surface area (Å²) in [5, 5.41) is 3.79. The Morgan fingerprint density at radius 2 is 2.07 bits per heavy atom. The highest BCUT2D eigenvalue weighted by Gasteiger charge is 2.19. The highest BCUT2D eigenvalue weighted by atomic mass is 32.2. The van der Waals surface area contributed by atoms with Gasteiger partial charge in [-0.1, -0.05) is 23.9 Å². The van der Waals surface area contributed by atoms with Crippen molar-refractivity contribution in [1.29, 1.82) is 0 Å². The van der Waals surface area contributed by atoms with Gasteiger partial charge < -0.3 is 15.0 Å². The van der Waals surface area contributed by atoms with Gasteiger partial charge in [0.1, 0.15) is 5.82 Å². The van der Waals surface area contributed by atoms with Crippen LogP contribution in [0.3, 0.4) is 0 Å². The summed E-state index contributed by atoms with van der Waals surface area (Å²) in [5.74, 6) is 1.76.